The molecule has 5 nitrogen and oxygen atoms in total. The summed E-state index contributed by atoms with van der Waals surface area (Å²) in [5.74, 6) is -4.96. The van der Waals surface area contributed by atoms with Gasteiger partial charge in [-0.05, 0) is 31.9 Å². The van der Waals surface area contributed by atoms with Crippen LogP contribution in [0.4, 0.5) is 23.7 Å². The van der Waals surface area contributed by atoms with Gasteiger partial charge in [-0.15, -0.1) is 0 Å². The topological polar surface area (TPSA) is 58.6 Å². The third-order valence-corrected chi connectivity index (χ3v) is 3.68. The number of urea groups is 1. The zero-order valence-corrected chi connectivity index (χ0v) is 12.6. The molecule has 0 atom stereocenters. The second-order valence-electron chi connectivity index (χ2n) is 5.17. The molecular formula is C15H17F3N2O3. The van der Waals surface area contributed by atoms with E-state index in [-0.39, 0.29) is 11.9 Å². The van der Waals surface area contributed by atoms with Crippen molar-refractivity contribution in [2.75, 3.05) is 25.0 Å². The number of likely N-dealkylation sites (tertiary alicyclic amines) is 1. The highest BCUT2D eigenvalue weighted by molar-refractivity contribution is 5.89. The van der Waals surface area contributed by atoms with Gasteiger partial charge in [0.15, 0.2) is 17.5 Å². The van der Waals surface area contributed by atoms with Crippen molar-refractivity contribution in [2.45, 2.75) is 19.8 Å². The largest absolute Gasteiger partial charge is 0.466 e. The molecule has 0 aromatic heterocycles. The maximum absolute atomic E-state index is 13.5. The van der Waals surface area contributed by atoms with Gasteiger partial charge in [-0.25, -0.2) is 18.0 Å². The summed E-state index contributed by atoms with van der Waals surface area (Å²) in [4.78, 5) is 25.0. The molecule has 0 saturated carbocycles. The zero-order valence-electron chi connectivity index (χ0n) is 12.6. The van der Waals surface area contributed by atoms with Crippen LogP contribution in [0.5, 0.6) is 0 Å². The van der Waals surface area contributed by atoms with Gasteiger partial charge in [0.05, 0.1) is 18.2 Å². The number of esters is 1. The lowest BCUT2D eigenvalue weighted by Crippen LogP contribution is -2.42. The maximum Gasteiger partial charge on any atom is 0.321 e. The summed E-state index contributed by atoms with van der Waals surface area (Å²) < 4.78 is 44.4. The van der Waals surface area contributed by atoms with E-state index >= 15 is 0 Å². The number of hydrogen-bond acceptors (Lipinski definition) is 3. The van der Waals surface area contributed by atoms with E-state index in [2.05, 4.69) is 5.32 Å². The van der Waals surface area contributed by atoms with Gasteiger partial charge in [0.25, 0.3) is 0 Å². The van der Waals surface area contributed by atoms with E-state index in [9.17, 15) is 22.8 Å². The Bertz CT molecular complexity index is 602. The van der Waals surface area contributed by atoms with E-state index in [0.29, 0.717) is 32.5 Å². The summed E-state index contributed by atoms with van der Waals surface area (Å²) in [6.45, 7) is 2.60. The van der Waals surface area contributed by atoms with Gasteiger partial charge in [-0.3, -0.25) is 4.79 Å². The molecule has 2 rings (SSSR count). The number of rotatable bonds is 3. The molecular weight excluding hydrogens is 313 g/mol. The molecule has 0 spiro atoms. The molecule has 8 heteroatoms. The molecule has 1 heterocycles. The Balaban J connectivity index is 1.93. The van der Waals surface area contributed by atoms with E-state index in [1.807, 2.05) is 0 Å². The molecule has 23 heavy (non-hydrogen) atoms. The SMILES string of the molecule is CCOC(=O)C1CCN(C(=O)Nc2ccc(F)c(F)c2F)CC1. The lowest BCUT2D eigenvalue weighted by molar-refractivity contribution is -0.149. The lowest BCUT2D eigenvalue weighted by atomic mass is 9.97. The molecule has 0 aliphatic carbocycles. The number of nitrogens with zero attached hydrogens (tertiary/aromatic N) is 1. The summed E-state index contributed by atoms with van der Waals surface area (Å²) >= 11 is 0. The highest BCUT2D eigenvalue weighted by Gasteiger charge is 2.28. The Morgan fingerprint density at radius 1 is 1.22 bits per heavy atom. The fourth-order valence-corrected chi connectivity index (χ4v) is 2.40. The van der Waals surface area contributed by atoms with Crippen molar-refractivity contribution in [2.24, 2.45) is 5.92 Å². The fraction of sp³-hybridized carbons (Fsp3) is 0.467. The number of halogens is 3. The van der Waals surface area contributed by atoms with Crippen molar-refractivity contribution >= 4 is 17.7 Å². The Labute approximate surface area is 131 Å². The third kappa shape index (κ3) is 3.94. The Hall–Kier alpha value is -2.25. The number of benzene rings is 1. The first-order valence-corrected chi connectivity index (χ1v) is 7.30. The zero-order chi connectivity index (χ0) is 17.0. The molecule has 1 N–H and O–H groups in total. The van der Waals surface area contributed by atoms with E-state index in [4.69, 9.17) is 4.74 Å². The van der Waals surface area contributed by atoms with Crippen molar-refractivity contribution in [3.05, 3.63) is 29.6 Å². The minimum atomic E-state index is -1.64. The number of amides is 2. The second-order valence-corrected chi connectivity index (χ2v) is 5.17. The molecule has 0 radical (unpaired) electrons. The average Bonchev–Trinajstić information content (AvgIpc) is 2.55. The third-order valence-electron chi connectivity index (χ3n) is 3.68. The number of hydrogen-bond donors (Lipinski definition) is 1. The van der Waals surface area contributed by atoms with Crippen molar-refractivity contribution in [3.63, 3.8) is 0 Å². The number of ether oxygens (including phenoxy) is 1. The minimum Gasteiger partial charge on any atom is -0.466 e. The van der Waals surface area contributed by atoms with Crippen molar-refractivity contribution < 1.29 is 27.5 Å². The van der Waals surface area contributed by atoms with Gasteiger partial charge in [-0.2, -0.15) is 0 Å². The molecule has 2 amide bonds. The van der Waals surface area contributed by atoms with E-state index in [1.54, 1.807) is 6.92 Å². The minimum absolute atomic E-state index is 0.265. The standard InChI is InChI=1S/C15H17F3N2O3/c1-2-23-14(21)9-5-7-20(8-6-9)15(22)19-11-4-3-10(16)12(17)13(11)18/h3-4,9H,2,5-8H2,1H3,(H,19,22). The Morgan fingerprint density at radius 2 is 1.87 bits per heavy atom. The number of nitrogens with one attached hydrogen (secondary N) is 1. The molecule has 1 aromatic rings. The highest BCUT2D eigenvalue weighted by Crippen LogP contribution is 2.22. The van der Waals surface area contributed by atoms with Crippen LogP contribution in [0.3, 0.4) is 0 Å². The van der Waals surface area contributed by atoms with Crippen LogP contribution >= 0.6 is 0 Å². The number of piperidine rings is 1. The first kappa shape index (κ1) is 17.1. The van der Waals surface area contributed by atoms with E-state index in [1.165, 1.54) is 4.90 Å². The van der Waals surface area contributed by atoms with E-state index in [0.717, 1.165) is 12.1 Å². The van der Waals surface area contributed by atoms with Gasteiger partial charge in [-0.1, -0.05) is 0 Å². The van der Waals surface area contributed by atoms with Crippen molar-refractivity contribution in [1.29, 1.82) is 0 Å². The molecule has 1 aliphatic rings. The number of carbonyl (C=O) groups is 2. The monoisotopic (exact) mass is 330 g/mol. The van der Waals surface area contributed by atoms with Crippen LogP contribution in [0.25, 0.3) is 0 Å². The van der Waals surface area contributed by atoms with Gasteiger partial charge >= 0.3 is 12.0 Å². The molecule has 1 aromatic carbocycles. The van der Waals surface area contributed by atoms with Crippen LogP contribution in [0.1, 0.15) is 19.8 Å². The van der Waals surface area contributed by atoms with E-state index < -0.39 is 29.2 Å². The second kappa shape index (κ2) is 7.34. The molecule has 0 unspecified atom stereocenters. The Kier molecular flexibility index (Phi) is 5.46. The van der Waals surface area contributed by atoms with Crippen LogP contribution in [-0.2, 0) is 9.53 Å². The first-order chi connectivity index (χ1) is 10.9. The predicted octanol–water partition coefficient (Wildman–Crippen LogP) is 2.91. The average molecular weight is 330 g/mol. The summed E-state index contributed by atoms with van der Waals surface area (Å²) in [6.07, 6.45) is 0.874. The van der Waals surface area contributed by atoms with Gasteiger partial charge < -0.3 is 15.0 Å². The molecule has 1 aliphatic heterocycles. The summed E-state index contributed by atoms with van der Waals surface area (Å²) in [6, 6.07) is 1.06. The normalized spacial score (nSPS) is 15.4. The fourth-order valence-electron chi connectivity index (χ4n) is 2.40. The lowest BCUT2D eigenvalue weighted by Gasteiger charge is -2.30. The van der Waals surface area contributed by atoms with Gasteiger partial charge in [0, 0.05) is 13.1 Å². The van der Waals surface area contributed by atoms with Crippen LogP contribution < -0.4 is 5.32 Å². The molecule has 1 fully saturated rings. The first-order valence-electron chi connectivity index (χ1n) is 7.30. The summed E-state index contributed by atoms with van der Waals surface area (Å²) in [5.41, 5.74) is -0.429. The van der Waals surface area contributed by atoms with Crippen LogP contribution in [0, 0.1) is 23.4 Å². The maximum atomic E-state index is 13.5. The van der Waals surface area contributed by atoms with Crippen LogP contribution in [0.2, 0.25) is 0 Å². The number of anilines is 1. The van der Waals surface area contributed by atoms with Crippen LogP contribution in [-0.4, -0.2) is 36.6 Å². The summed E-state index contributed by atoms with van der Waals surface area (Å²) in [7, 11) is 0. The Morgan fingerprint density at radius 3 is 2.48 bits per heavy atom. The smallest absolute Gasteiger partial charge is 0.321 e. The highest BCUT2D eigenvalue weighted by atomic mass is 19.2. The van der Waals surface area contributed by atoms with Gasteiger partial charge in [0.1, 0.15) is 0 Å². The predicted molar refractivity (Wildman–Crippen MR) is 76.3 cm³/mol. The quantitative estimate of drug-likeness (QED) is 0.685. The summed E-state index contributed by atoms with van der Waals surface area (Å²) in [5, 5.41) is 2.21. The molecule has 1 saturated heterocycles. The van der Waals surface area contributed by atoms with Gasteiger partial charge in [0.2, 0.25) is 0 Å². The number of carbonyl (C=O) groups excluding carboxylic acids is 2. The van der Waals surface area contributed by atoms with Crippen LogP contribution in [0.15, 0.2) is 12.1 Å². The van der Waals surface area contributed by atoms with Crippen molar-refractivity contribution in [3.8, 4) is 0 Å². The van der Waals surface area contributed by atoms with Crippen molar-refractivity contribution in [1.82, 2.24) is 4.90 Å². The molecule has 126 valence electrons. The molecule has 0 bridgehead atoms.